The first-order valence-electron chi connectivity index (χ1n) is 10.2. The molecular formula is C25H24N2O5. The molecule has 3 rings (SSSR count). The van der Waals surface area contributed by atoms with Crippen LogP contribution in [0.2, 0.25) is 0 Å². The Kier molecular flexibility index (Phi) is 7.97. The van der Waals surface area contributed by atoms with Crippen molar-refractivity contribution >= 4 is 23.7 Å². The van der Waals surface area contributed by atoms with Crippen LogP contribution >= 0.6 is 0 Å². The zero-order chi connectivity index (χ0) is 22.8. The quantitative estimate of drug-likeness (QED) is 0.408. The maximum absolute atomic E-state index is 12.5. The van der Waals surface area contributed by atoms with Crippen LogP contribution in [0.3, 0.4) is 0 Å². The van der Waals surface area contributed by atoms with Gasteiger partial charge in [0.25, 0.3) is 5.91 Å². The molecule has 164 valence electrons. The number of rotatable bonds is 8. The fourth-order valence-corrected chi connectivity index (χ4v) is 2.92. The molecule has 0 saturated carbocycles. The second-order valence-corrected chi connectivity index (χ2v) is 6.90. The van der Waals surface area contributed by atoms with Crippen molar-refractivity contribution in [1.29, 1.82) is 0 Å². The van der Waals surface area contributed by atoms with Gasteiger partial charge in [0.1, 0.15) is 5.75 Å². The second kappa shape index (κ2) is 11.3. The van der Waals surface area contributed by atoms with Crippen LogP contribution in [0.1, 0.15) is 28.4 Å². The van der Waals surface area contributed by atoms with E-state index < -0.39 is 6.16 Å². The molecule has 2 N–H and O–H groups in total. The monoisotopic (exact) mass is 432 g/mol. The van der Waals surface area contributed by atoms with Gasteiger partial charge in [-0.15, -0.1) is 0 Å². The summed E-state index contributed by atoms with van der Waals surface area (Å²) >= 11 is 0. The molecule has 0 fully saturated rings. The SMILES string of the molecule is CCOC(=O)Oc1ccc(C(=O)Nc2cccc(CNC(=O)Cc3ccccc3)c2)cc1. The summed E-state index contributed by atoms with van der Waals surface area (Å²) in [7, 11) is 0. The number of hydrogen-bond acceptors (Lipinski definition) is 5. The molecule has 0 bridgehead atoms. The van der Waals surface area contributed by atoms with Crippen LogP contribution in [0.4, 0.5) is 10.5 Å². The molecule has 0 radical (unpaired) electrons. The van der Waals surface area contributed by atoms with Gasteiger partial charge in [0.2, 0.25) is 5.91 Å². The molecule has 32 heavy (non-hydrogen) atoms. The van der Waals surface area contributed by atoms with E-state index in [0.29, 0.717) is 24.2 Å². The van der Waals surface area contributed by atoms with E-state index >= 15 is 0 Å². The summed E-state index contributed by atoms with van der Waals surface area (Å²) in [5.41, 5.74) is 2.83. The van der Waals surface area contributed by atoms with Gasteiger partial charge in [-0.25, -0.2) is 4.79 Å². The minimum atomic E-state index is -0.794. The summed E-state index contributed by atoms with van der Waals surface area (Å²) in [5.74, 6) is -0.0954. The van der Waals surface area contributed by atoms with Crippen LogP contribution in [-0.2, 0) is 22.5 Å². The van der Waals surface area contributed by atoms with Crippen LogP contribution < -0.4 is 15.4 Å². The van der Waals surface area contributed by atoms with E-state index in [0.717, 1.165) is 11.1 Å². The number of carbonyl (C=O) groups is 3. The summed E-state index contributed by atoms with van der Waals surface area (Å²) < 4.78 is 9.69. The van der Waals surface area contributed by atoms with Gasteiger partial charge in [-0.05, 0) is 54.4 Å². The predicted molar refractivity (Wildman–Crippen MR) is 120 cm³/mol. The van der Waals surface area contributed by atoms with E-state index in [1.165, 1.54) is 12.1 Å². The summed E-state index contributed by atoms with van der Waals surface area (Å²) in [4.78, 5) is 36.0. The molecule has 0 aliphatic rings. The van der Waals surface area contributed by atoms with Crippen molar-refractivity contribution in [2.24, 2.45) is 0 Å². The Bertz CT molecular complexity index is 1070. The molecule has 0 atom stereocenters. The van der Waals surface area contributed by atoms with Crippen molar-refractivity contribution in [1.82, 2.24) is 5.32 Å². The molecule has 0 aromatic heterocycles. The molecule has 7 heteroatoms. The number of amides is 2. The highest BCUT2D eigenvalue weighted by molar-refractivity contribution is 6.04. The summed E-state index contributed by atoms with van der Waals surface area (Å²) in [6, 6.07) is 22.9. The van der Waals surface area contributed by atoms with E-state index in [-0.39, 0.29) is 24.2 Å². The lowest BCUT2D eigenvalue weighted by atomic mass is 10.1. The van der Waals surface area contributed by atoms with Gasteiger partial charge >= 0.3 is 6.16 Å². The first-order chi connectivity index (χ1) is 15.5. The van der Waals surface area contributed by atoms with Crippen LogP contribution in [0.25, 0.3) is 0 Å². The zero-order valence-corrected chi connectivity index (χ0v) is 17.7. The highest BCUT2D eigenvalue weighted by Crippen LogP contribution is 2.16. The third kappa shape index (κ3) is 6.98. The maximum atomic E-state index is 12.5. The van der Waals surface area contributed by atoms with Crippen molar-refractivity contribution in [2.75, 3.05) is 11.9 Å². The number of carbonyl (C=O) groups excluding carboxylic acids is 3. The van der Waals surface area contributed by atoms with E-state index in [9.17, 15) is 14.4 Å². The lowest BCUT2D eigenvalue weighted by molar-refractivity contribution is -0.120. The van der Waals surface area contributed by atoms with Crippen molar-refractivity contribution in [3.8, 4) is 5.75 Å². The Morgan fingerprint density at radius 2 is 1.56 bits per heavy atom. The molecule has 0 aliphatic heterocycles. The fourth-order valence-electron chi connectivity index (χ4n) is 2.92. The topological polar surface area (TPSA) is 93.7 Å². The van der Waals surface area contributed by atoms with Gasteiger partial charge in [0.15, 0.2) is 0 Å². The van der Waals surface area contributed by atoms with Crippen molar-refractivity contribution in [3.63, 3.8) is 0 Å². The Hall–Kier alpha value is -4.13. The number of benzene rings is 3. The second-order valence-electron chi connectivity index (χ2n) is 6.90. The molecule has 2 amide bonds. The third-order valence-corrected chi connectivity index (χ3v) is 4.46. The smallest absolute Gasteiger partial charge is 0.434 e. The van der Waals surface area contributed by atoms with E-state index in [1.54, 1.807) is 31.2 Å². The van der Waals surface area contributed by atoms with Gasteiger partial charge in [-0.3, -0.25) is 9.59 Å². The predicted octanol–water partition coefficient (Wildman–Crippen LogP) is 4.33. The van der Waals surface area contributed by atoms with Crippen LogP contribution in [0, 0.1) is 0 Å². The van der Waals surface area contributed by atoms with Crippen molar-refractivity contribution < 1.29 is 23.9 Å². The van der Waals surface area contributed by atoms with Crippen molar-refractivity contribution in [3.05, 3.63) is 95.6 Å². The molecule has 0 aliphatic carbocycles. The van der Waals surface area contributed by atoms with Gasteiger partial charge in [0.05, 0.1) is 13.0 Å². The maximum Gasteiger partial charge on any atom is 0.513 e. The number of anilines is 1. The van der Waals surface area contributed by atoms with E-state index in [2.05, 4.69) is 10.6 Å². The van der Waals surface area contributed by atoms with E-state index in [4.69, 9.17) is 9.47 Å². The number of hydrogen-bond donors (Lipinski definition) is 2. The van der Waals surface area contributed by atoms with Gasteiger partial charge in [-0.1, -0.05) is 42.5 Å². The first kappa shape index (κ1) is 22.6. The first-order valence-corrected chi connectivity index (χ1v) is 10.2. The number of nitrogens with one attached hydrogen (secondary N) is 2. The summed E-state index contributed by atoms with van der Waals surface area (Å²) in [5, 5.41) is 5.71. The van der Waals surface area contributed by atoms with E-state index in [1.807, 2.05) is 42.5 Å². The number of ether oxygens (including phenoxy) is 2. The summed E-state index contributed by atoms with van der Waals surface area (Å²) in [6.07, 6.45) is -0.481. The van der Waals surface area contributed by atoms with Gasteiger partial charge < -0.3 is 20.1 Å². The molecule has 7 nitrogen and oxygen atoms in total. The Morgan fingerprint density at radius 3 is 2.28 bits per heavy atom. The average Bonchev–Trinajstić information content (AvgIpc) is 2.79. The lowest BCUT2D eigenvalue weighted by Gasteiger charge is -2.09. The standard InChI is InChI=1S/C25H24N2O5/c1-2-31-25(30)32-22-13-11-20(12-14-22)24(29)27-21-10-6-9-19(15-21)17-26-23(28)16-18-7-4-3-5-8-18/h3-15H,2,16-17H2,1H3,(H,26,28)(H,27,29). The molecule has 0 unspecified atom stereocenters. The zero-order valence-electron chi connectivity index (χ0n) is 17.7. The normalized spacial score (nSPS) is 10.2. The molecule has 3 aromatic rings. The van der Waals surface area contributed by atoms with Crippen LogP contribution in [0.15, 0.2) is 78.9 Å². The molecule has 3 aromatic carbocycles. The minimum Gasteiger partial charge on any atom is -0.434 e. The largest absolute Gasteiger partial charge is 0.513 e. The molecule has 0 spiro atoms. The van der Waals surface area contributed by atoms with Crippen LogP contribution in [0.5, 0.6) is 5.75 Å². The highest BCUT2D eigenvalue weighted by atomic mass is 16.7. The molecule has 0 heterocycles. The minimum absolute atomic E-state index is 0.0734. The summed E-state index contributed by atoms with van der Waals surface area (Å²) in [6.45, 7) is 2.26. The average molecular weight is 432 g/mol. The van der Waals surface area contributed by atoms with Crippen LogP contribution in [-0.4, -0.2) is 24.6 Å². The van der Waals surface area contributed by atoms with Crippen molar-refractivity contribution in [2.45, 2.75) is 19.9 Å². The fraction of sp³-hybridized carbons (Fsp3) is 0.160. The Balaban J connectivity index is 1.53. The highest BCUT2D eigenvalue weighted by Gasteiger charge is 2.10. The Morgan fingerprint density at radius 1 is 0.844 bits per heavy atom. The Labute approximate surface area is 186 Å². The lowest BCUT2D eigenvalue weighted by Crippen LogP contribution is -2.24. The molecule has 0 saturated heterocycles. The van der Waals surface area contributed by atoms with Gasteiger partial charge in [0, 0.05) is 17.8 Å². The van der Waals surface area contributed by atoms with Gasteiger partial charge in [-0.2, -0.15) is 0 Å². The molecular weight excluding hydrogens is 408 g/mol. The third-order valence-electron chi connectivity index (χ3n) is 4.46.